The van der Waals surface area contributed by atoms with Gasteiger partial charge in [-0.25, -0.2) is 15.1 Å². The third-order valence-corrected chi connectivity index (χ3v) is 0.412. The molecule has 8 heteroatoms. The topological polar surface area (TPSA) is 92.8 Å². The Kier molecular flexibility index (Phi) is 12.4. The number of nitrogens with two attached hydrogens (primary N) is 1. The second-order valence-corrected chi connectivity index (χ2v) is 1.79. The standard InChI is InChI=1S/Co.H4NO4P.Ni/c;1-5-6(2,3)4;/h;1H2,(H2,2,3,4);. The van der Waals surface area contributed by atoms with Crippen LogP contribution in [0.5, 0.6) is 0 Å². The molecule has 5 nitrogen and oxygen atoms in total. The summed E-state index contributed by atoms with van der Waals surface area (Å²) in [4.78, 5) is 15.2. The van der Waals surface area contributed by atoms with Gasteiger partial charge in [-0.15, -0.1) is 0 Å². The first-order valence-electron chi connectivity index (χ1n) is 1.00. The van der Waals surface area contributed by atoms with E-state index in [1.165, 1.54) is 0 Å². The van der Waals surface area contributed by atoms with Gasteiger partial charge in [-0.1, -0.05) is 0 Å². The molecule has 57 valence electrons. The van der Waals surface area contributed by atoms with Crippen LogP contribution in [0.1, 0.15) is 0 Å². The predicted octanol–water partition coefficient (Wildman–Crippen LogP) is -1.04. The molecule has 1 radical (unpaired) electrons. The SMILES string of the molecule is NOP(=O)(O)O.[Co].[Ni]. The maximum atomic E-state index is 9.35. The van der Waals surface area contributed by atoms with E-state index in [1.54, 1.807) is 0 Å². The number of hydrogen-bond donors (Lipinski definition) is 3. The summed E-state index contributed by atoms with van der Waals surface area (Å²) in [5.74, 6) is 4.04. The number of hydrogen-bond acceptors (Lipinski definition) is 3. The minimum absolute atomic E-state index is 0. The van der Waals surface area contributed by atoms with Crippen molar-refractivity contribution >= 4 is 7.82 Å². The van der Waals surface area contributed by atoms with Crippen molar-refractivity contribution in [2.24, 2.45) is 5.90 Å². The third-order valence-electron chi connectivity index (χ3n) is 0.137. The van der Waals surface area contributed by atoms with Gasteiger partial charge in [-0.3, -0.25) is 0 Å². The fraction of sp³-hybridized carbons (Fsp3) is 0. The predicted molar refractivity (Wildman–Crippen MR) is 17.3 cm³/mol. The van der Waals surface area contributed by atoms with Gasteiger partial charge in [0.1, 0.15) is 0 Å². The molecule has 0 aromatic carbocycles. The molecule has 0 fully saturated rings. The summed E-state index contributed by atoms with van der Waals surface area (Å²) < 4.78 is 12.5. The van der Waals surface area contributed by atoms with Crippen LogP contribution in [0.4, 0.5) is 0 Å². The molecule has 0 unspecified atom stereocenters. The van der Waals surface area contributed by atoms with Crippen LogP contribution in [0.2, 0.25) is 0 Å². The molecule has 0 spiro atoms. The Morgan fingerprint density at radius 1 is 1.50 bits per heavy atom. The summed E-state index contributed by atoms with van der Waals surface area (Å²) in [6.45, 7) is 0. The second kappa shape index (κ2) is 6.19. The van der Waals surface area contributed by atoms with Gasteiger partial charge >= 0.3 is 7.82 Å². The monoisotopic (exact) mass is 230 g/mol. The maximum Gasteiger partial charge on any atom is 0.485 e. The Balaban J connectivity index is -0.000000125. The Bertz CT molecular complexity index is 80.1. The molecule has 8 heavy (non-hydrogen) atoms. The Labute approximate surface area is 66.3 Å². The van der Waals surface area contributed by atoms with Crippen molar-refractivity contribution < 1.29 is 52.2 Å². The molecule has 0 atom stereocenters. The average Bonchev–Trinajstić information content (AvgIpc) is 1.35. The Hall–Kier alpha value is 1.07. The van der Waals surface area contributed by atoms with E-state index in [-0.39, 0.29) is 33.3 Å². The molecule has 0 saturated carbocycles. The fourth-order valence-corrected chi connectivity index (χ4v) is 0. The first kappa shape index (κ1) is 16.0. The van der Waals surface area contributed by atoms with Crippen molar-refractivity contribution in [1.29, 1.82) is 0 Å². The van der Waals surface area contributed by atoms with Crippen LogP contribution in [0.15, 0.2) is 0 Å². The van der Waals surface area contributed by atoms with E-state index in [0.29, 0.717) is 0 Å². The molecule has 0 aliphatic rings. The van der Waals surface area contributed by atoms with Gasteiger partial charge in [0, 0.05) is 33.3 Å². The van der Waals surface area contributed by atoms with Crippen molar-refractivity contribution in [3.8, 4) is 0 Å². The first-order chi connectivity index (χ1) is 2.56. The molecule has 0 amide bonds. The van der Waals surface area contributed by atoms with Gasteiger partial charge in [0.15, 0.2) is 0 Å². The van der Waals surface area contributed by atoms with Crippen LogP contribution in [0.3, 0.4) is 0 Å². The molecule has 0 rings (SSSR count). The largest absolute Gasteiger partial charge is 0.485 e. The molecule has 0 aromatic heterocycles. The van der Waals surface area contributed by atoms with E-state index >= 15 is 0 Å². The summed E-state index contributed by atoms with van der Waals surface area (Å²) >= 11 is 0. The summed E-state index contributed by atoms with van der Waals surface area (Å²) in [5, 5.41) is 0. The minimum atomic E-state index is -4.37. The molecule has 0 heterocycles. The summed E-state index contributed by atoms with van der Waals surface area (Å²) in [5.41, 5.74) is 0. The molecular formula is H4CoNNiO4P. The summed E-state index contributed by atoms with van der Waals surface area (Å²) in [6, 6.07) is 0. The quantitative estimate of drug-likeness (QED) is 0.304. The van der Waals surface area contributed by atoms with Crippen LogP contribution in [0, 0.1) is 0 Å². The van der Waals surface area contributed by atoms with Crippen LogP contribution in [0.25, 0.3) is 0 Å². The molecular weight excluding hydrogens is 227 g/mol. The molecule has 4 N–H and O–H groups in total. The van der Waals surface area contributed by atoms with Crippen molar-refractivity contribution in [3.05, 3.63) is 0 Å². The minimum Gasteiger partial charge on any atom is -0.302 e. The van der Waals surface area contributed by atoms with E-state index < -0.39 is 7.82 Å². The smallest absolute Gasteiger partial charge is 0.302 e. The van der Waals surface area contributed by atoms with Gasteiger partial charge in [0.25, 0.3) is 0 Å². The average molecular weight is 231 g/mol. The molecule has 0 aliphatic carbocycles. The van der Waals surface area contributed by atoms with Gasteiger partial charge in [-0.2, -0.15) is 0 Å². The molecule has 0 saturated heterocycles. The van der Waals surface area contributed by atoms with E-state index in [2.05, 4.69) is 10.5 Å². The van der Waals surface area contributed by atoms with Crippen molar-refractivity contribution in [3.63, 3.8) is 0 Å². The Morgan fingerprint density at radius 3 is 1.62 bits per heavy atom. The normalized spacial score (nSPS) is 8.88. The van der Waals surface area contributed by atoms with Crippen LogP contribution in [-0.2, 0) is 42.5 Å². The number of rotatable bonds is 1. The van der Waals surface area contributed by atoms with Crippen LogP contribution in [-0.4, -0.2) is 9.79 Å². The van der Waals surface area contributed by atoms with Gasteiger partial charge in [-0.05, 0) is 0 Å². The summed E-state index contributed by atoms with van der Waals surface area (Å²) in [7, 11) is -4.37. The van der Waals surface area contributed by atoms with Gasteiger partial charge < -0.3 is 9.79 Å². The van der Waals surface area contributed by atoms with E-state index in [4.69, 9.17) is 9.79 Å². The first-order valence-corrected chi connectivity index (χ1v) is 2.53. The van der Waals surface area contributed by atoms with Crippen molar-refractivity contribution in [2.75, 3.05) is 0 Å². The van der Waals surface area contributed by atoms with E-state index in [1.807, 2.05) is 0 Å². The Morgan fingerprint density at radius 2 is 1.62 bits per heavy atom. The fourth-order valence-electron chi connectivity index (χ4n) is 0. The van der Waals surface area contributed by atoms with Crippen LogP contribution >= 0.6 is 7.82 Å². The molecule has 0 aromatic rings. The van der Waals surface area contributed by atoms with Gasteiger partial charge in [0.05, 0.1) is 0 Å². The zero-order valence-corrected chi connectivity index (χ0v) is 6.31. The molecule has 0 bridgehead atoms. The van der Waals surface area contributed by atoms with Gasteiger partial charge in [0.2, 0.25) is 0 Å². The third kappa shape index (κ3) is 15.7. The van der Waals surface area contributed by atoms with Crippen LogP contribution < -0.4 is 5.90 Å². The van der Waals surface area contributed by atoms with E-state index in [9.17, 15) is 4.57 Å². The van der Waals surface area contributed by atoms with Crippen molar-refractivity contribution in [2.45, 2.75) is 0 Å². The van der Waals surface area contributed by atoms with Crippen molar-refractivity contribution in [1.82, 2.24) is 0 Å². The number of phosphoric acid groups is 1. The second-order valence-electron chi connectivity index (χ2n) is 0.596. The molecule has 0 aliphatic heterocycles. The zero-order valence-electron chi connectivity index (χ0n) is 3.39. The zero-order chi connectivity index (χ0) is 5.21. The van der Waals surface area contributed by atoms with E-state index in [0.717, 1.165) is 0 Å². The summed E-state index contributed by atoms with van der Waals surface area (Å²) in [6.07, 6.45) is 0. The maximum absolute atomic E-state index is 9.35.